The number of benzene rings is 1. The molecule has 0 atom stereocenters. The minimum absolute atomic E-state index is 0.0628. The first kappa shape index (κ1) is 10.2. The van der Waals surface area contributed by atoms with E-state index in [4.69, 9.17) is 15.3 Å². The summed E-state index contributed by atoms with van der Waals surface area (Å²) >= 11 is 0. The topological polar surface area (TPSA) is 60.7 Å². The lowest BCUT2D eigenvalue weighted by Crippen LogP contribution is -1.99. The van der Waals surface area contributed by atoms with E-state index in [0.717, 1.165) is 22.3 Å². The molecule has 0 radical (unpaired) electrons. The van der Waals surface area contributed by atoms with Crippen molar-refractivity contribution in [3.63, 3.8) is 0 Å². The molecule has 3 nitrogen and oxygen atoms in total. The number of hydrogen-bond acceptors (Lipinski definition) is 3. The van der Waals surface area contributed by atoms with Gasteiger partial charge in [0.05, 0.1) is 19.8 Å². The molecule has 1 aromatic carbocycles. The van der Waals surface area contributed by atoms with E-state index in [0.29, 0.717) is 0 Å². The van der Waals surface area contributed by atoms with Gasteiger partial charge >= 0.3 is 0 Å². The van der Waals surface area contributed by atoms with Crippen LogP contribution in [0.15, 0.2) is 12.1 Å². The summed E-state index contributed by atoms with van der Waals surface area (Å²) in [4.78, 5) is 0. The van der Waals surface area contributed by atoms with E-state index in [9.17, 15) is 0 Å². The average molecular weight is 182 g/mol. The number of rotatable bonds is 3. The molecule has 0 aromatic heterocycles. The Balaban J connectivity index is 3.20. The fraction of sp³-hybridized carbons (Fsp3) is 0.400. The van der Waals surface area contributed by atoms with Crippen LogP contribution in [0.3, 0.4) is 0 Å². The van der Waals surface area contributed by atoms with Gasteiger partial charge in [-0.2, -0.15) is 0 Å². The third-order valence-corrected chi connectivity index (χ3v) is 2.21. The van der Waals surface area contributed by atoms with Crippen molar-refractivity contribution in [3.8, 4) is 0 Å². The zero-order chi connectivity index (χ0) is 9.84. The Morgan fingerprint density at radius 3 is 1.69 bits per heavy atom. The maximum Gasteiger partial charge on any atom is 0.0684 e. The summed E-state index contributed by atoms with van der Waals surface area (Å²) in [5.74, 6) is 0. The Morgan fingerprint density at radius 1 is 0.923 bits per heavy atom. The molecule has 0 saturated heterocycles. The zero-order valence-electron chi connectivity index (χ0n) is 7.62. The highest BCUT2D eigenvalue weighted by molar-refractivity contribution is 5.37. The Bertz CT molecular complexity index is 269. The fourth-order valence-corrected chi connectivity index (χ4v) is 1.33. The van der Waals surface area contributed by atoms with Crippen molar-refractivity contribution in [2.24, 2.45) is 0 Å². The molecule has 0 aliphatic rings. The van der Waals surface area contributed by atoms with Crippen molar-refractivity contribution >= 4 is 0 Å². The summed E-state index contributed by atoms with van der Waals surface area (Å²) in [7, 11) is 0. The average Bonchev–Trinajstić information content (AvgIpc) is 2.18. The van der Waals surface area contributed by atoms with Gasteiger partial charge in [-0.15, -0.1) is 0 Å². The maximum atomic E-state index is 9.00. The van der Waals surface area contributed by atoms with Gasteiger partial charge in [-0.25, -0.2) is 0 Å². The molecule has 1 rings (SSSR count). The summed E-state index contributed by atoms with van der Waals surface area (Å²) in [5.41, 5.74) is 3.13. The number of aliphatic hydroxyl groups excluding tert-OH is 3. The van der Waals surface area contributed by atoms with E-state index < -0.39 is 0 Å². The van der Waals surface area contributed by atoms with E-state index in [2.05, 4.69) is 0 Å². The maximum absolute atomic E-state index is 9.00. The van der Waals surface area contributed by atoms with E-state index in [1.54, 1.807) is 12.1 Å². The second-order valence-corrected chi connectivity index (χ2v) is 3.01. The summed E-state index contributed by atoms with van der Waals surface area (Å²) in [6.45, 7) is 1.65. The van der Waals surface area contributed by atoms with Gasteiger partial charge in [0.15, 0.2) is 0 Å². The molecule has 0 bridgehead atoms. The van der Waals surface area contributed by atoms with Gasteiger partial charge in [0.25, 0.3) is 0 Å². The van der Waals surface area contributed by atoms with Crippen LogP contribution in [0.1, 0.15) is 22.3 Å². The molecular formula is C10H14O3. The monoisotopic (exact) mass is 182 g/mol. The van der Waals surface area contributed by atoms with Gasteiger partial charge in [-0.3, -0.25) is 0 Å². The lowest BCUT2D eigenvalue weighted by atomic mass is 10.00. The first-order chi connectivity index (χ1) is 6.22. The lowest BCUT2D eigenvalue weighted by Gasteiger charge is -2.10. The van der Waals surface area contributed by atoms with Crippen LogP contribution in [0.4, 0.5) is 0 Å². The molecule has 0 spiro atoms. The molecule has 13 heavy (non-hydrogen) atoms. The van der Waals surface area contributed by atoms with Gasteiger partial charge in [-0.05, 0) is 29.2 Å². The first-order valence-corrected chi connectivity index (χ1v) is 4.16. The Morgan fingerprint density at radius 2 is 1.38 bits per heavy atom. The van der Waals surface area contributed by atoms with Crippen molar-refractivity contribution in [2.45, 2.75) is 26.7 Å². The quantitative estimate of drug-likeness (QED) is 0.637. The van der Waals surface area contributed by atoms with Crippen LogP contribution < -0.4 is 0 Å². The second kappa shape index (κ2) is 4.37. The predicted octanol–water partition coefficient (Wildman–Crippen LogP) is 0.472. The second-order valence-electron chi connectivity index (χ2n) is 3.01. The van der Waals surface area contributed by atoms with E-state index in [1.807, 2.05) is 6.92 Å². The minimum Gasteiger partial charge on any atom is -0.392 e. The van der Waals surface area contributed by atoms with Crippen LogP contribution >= 0.6 is 0 Å². The largest absolute Gasteiger partial charge is 0.392 e. The highest BCUT2D eigenvalue weighted by atomic mass is 16.3. The van der Waals surface area contributed by atoms with Crippen LogP contribution in [0.2, 0.25) is 0 Å². The van der Waals surface area contributed by atoms with Crippen molar-refractivity contribution in [1.29, 1.82) is 0 Å². The normalized spacial score (nSPS) is 10.5. The van der Waals surface area contributed by atoms with Crippen LogP contribution in [0.25, 0.3) is 0 Å². The highest BCUT2D eigenvalue weighted by Gasteiger charge is 2.05. The van der Waals surface area contributed by atoms with E-state index in [-0.39, 0.29) is 19.8 Å². The molecule has 72 valence electrons. The molecule has 3 heteroatoms. The van der Waals surface area contributed by atoms with Gasteiger partial charge in [-0.1, -0.05) is 12.1 Å². The molecule has 0 aliphatic carbocycles. The fourth-order valence-electron chi connectivity index (χ4n) is 1.33. The molecule has 0 unspecified atom stereocenters. The summed E-state index contributed by atoms with van der Waals surface area (Å²) in [6.07, 6.45) is 0. The molecule has 0 heterocycles. The van der Waals surface area contributed by atoms with Gasteiger partial charge in [0.1, 0.15) is 0 Å². The Hall–Kier alpha value is -0.900. The van der Waals surface area contributed by atoms with Crippen molar-refractivity contribution in [2.75, 3.05) is 0 Å². The van der Waals surface area contributed by atoms with Gasteiger partial charge in [0.2, 0.25) is 0 Å². The van der Waals surface area contributed by atoms with Crippen LogP contribution in [-0.2, 0) is 19.8 Å². The molecule has 0 aliphatic heterocycles. The van der Waals surface area contributed by atoms with Crippen molar-refractivity contribution < 1.29 is 15.3 Å². The zero-order valence-corrected chi connectivity index (χ0v) is 7.62. The summed E-state index contributed by atoms with van der Waals surface area (Å²) in [6, 6.07) is 3.49. The number of aliphatic hydroxyl groups is 3. The third-order valence-electron chi connectivity index (χ3n) is 2.21. The lowest BCUT2D eigenvalue weighted by molar-refractivity contribution is 0.268. The minimum atomic E-state index is -0.0692. The van der Waals surface area contributed by atoms with Gasteiger partial charge < -0.3 is 15.3 Å². The van der Waals surface area contributed by atoms with Crippen LogP contribution in [-0.4, -0.2) is 15.3 Å². The smallest absolute Gasteiger partial charge is 0.0684 e. The van der Waals surface area contributed by atoms with Gasteiger partial charge in [0, 0.05) is 0 Å². The standard InChI is InChI=1S/C10H14O3/c1-7-9(5-12)2-8(4-11)3-10(7)6-13/h2-3,11-13H,4-6H2,1H3. The summed E-state index contributed by atoms with van der Waals surface area (Å²) in [5, 5.41) is 26.9. The van der Waals surface area contributed by atoms with Crippen LogP contribution in [0.5, 0.6) is 0 Å². The molecule has 0 fully saturated rings. The molecule has 0 saturated carbocycles. The third kappa shape index (κ3) is 2.06. The van der Waals surface area contributed by atoms with Crippen molar-refractivity contribution in [1.82, 2.24) is 0 Å². The molecular weight excluding hydrogens is 168 g/mol. The SMILES string of the molecule is Cc1c(CO)cc(CO)cc1CO. The van der Waals surface area contributed by atoms with E-state index in [1.165, 1.54) is 0 Å². The predicted molar refractivity (Wildman–Crippen MR) is 48.9 cm³/mol. The Kier molecular flexibility index (Phi) is 3.42. The van der Waals surface area contributed by atoms with E-state index >= 15 is 0 Å². The molecule has 1 aromatic rings. The first-order valence-electron chi connectivity index (χ1n) is 4.16. The molecule has 3 N–H and O–H groups in total. The summed E-state index contributed by atoms with van der Waals surface area (Å²) < 4.78 is 0. The van der Waals surface area contributed by atoms with Crippen molar-refractivity contribution in [3.05, 3.63) is 34.4 Å². The number of hydrogen-bond donors (Lipinski definition) is 3. The van der Waals surface area contributed by atoms with Crippen LogP contribution in [0, 0.1) is 6.92 Å². The Labute approximate surface area is 77.3 Å². The molecule has 0 amide bonds. The highest BCUT2D eigenvalue weighted by Crippen LogP contribution is 2.17.